The van der Waals surface area contributed by atoms with Crippen molar-refractivity contribution in [2.45, 2.75) is 38.5 Å². The predicted octanol–water partition coefficient (Wildman–Crippen LogP) is 6.96. The maximum Gasteiger partial charge on any atom is 0.343 e. The van der Waals surface area contributed by atoms with Gasteiger partial charge in [-0.25, -0.2) is 28.0 Å². The fourth-order valence-corrected chi connectivity index (χ4v) is 3.96. The van der Waals surface area contributed by atoms with E-state index in [4.69, 9.17) is 28.4 Å². The summed E-state index contributed by atoms with van der Waals surface area (Å²) in [7, 11) is 0. The quantitative estimate of drug-likeness (QED) is 0.0541. The van der Waals surface area contributed by atoms with Gasteiger partial charge in [-0.3, -0.25) is 0 Å². The fourth-order valence-electron chi connectivity index (χ4n) is 3.96. The summed E-state index contributed by atoms with van der Waals surface area (Å²) in [6.07, 6.45) is 6.56. The van der Waals surface area contributed by atoms with Gasteiger partial charge >= 0.3 is 23.9 Å². The van der Waals surface area contributed by atoms with Crippen molar-refractivity contribution in [3.05, 3.63) is 109 Å². The van der Waals surface area contributed by atoms with Gasteiger partial charge in [0.25, 0.3) is 0 Å². The van der Waals surface area contributed by atoms with Crippen molar-refractivity contribution in [1.82, 2.24) is 0 Å². The van der Waals surface area contributed by atoms with Crippen LogP contribution in [0, 0.1) is 11.6 Å². The molecule has 0 spiro atoms. The number of benzene rings is 3. The summed E-state index contributed by atoms with van der Waals surface area (Å²) < 4.78 is 60.5. The molecule has 10 nitrogen and oxygen atoms in total. The van der Waals surface area contributed by atoms with Crippen LogP contribution in [0.1, 0.15) is 59.2 Å². The Kier molecular flexibility index (Phi) is 15.3. The van der Waals surface area contributed by atoms with Crippen molar-refractivity contribution in [1.29, 1.82) is 0 Å². The Labute approximate surface area is 276 Å². The molecule has 0 unspecified atom stereocenters. The lowest BCUT2D eigenvalue weighted by molar-refractivity contribution is -0.138. The zero-order valence-corrected chi connectivity index (χ0v) is 26.3. The molecule has 0 fully saturated rings. The van der Waals surface area contributed by atoms with Crippen LogP contribution >= 0.6 is 0 Å². The van der Waals surface area contributed by atoms with Gasteiger partial charge in [-0.15, -0.1) is 0 Å². The average molecular weight is 667 g/mol. The Bertz CT molecular complexity index is 1430. The maximum absolute atomic E-state index is 14.7. The van der Waals surface area contributed by atoms with Crippen LogP contribution in [-0.2, 0) is 19.1 Å². The third-order valence-corrected chi connectivity index (χ3v) is 6.51. The summed E-state index contributed by atoms with van der Waals surface area (Å²) in [4.78, 5) is 47.1. The number of carbonyl (C=O) groups is 4. The first-order valence-electron chi connectivity index (χ1n) is 15.2. The van der Waals surface area contributed by atoms with Gasteiger partial charge in [-0.2, -0.15) is 0 Å². The molecule has 0 atom stereocenters. The summed E-state index contributed by atoms with van der Waals surface area (Å²) in [6.45, 7) is 8.06. The van der Waals surface area contributed by atoms with Crippen LogP contribution in [0.3, 0.4) is 0 Å². The van der Waals surface area contributed by atoms with Crippen molar-refractivity contribution in [3.8, 4) is 23.0 Å². The molecule has 254 valence electrons. The second-order valence-corrected chi connectivity index (χ2v) is 10.1. The van der Waals surface area contributed by atoms with Gasteiger partial charge in [-0.1, -0.05) is 13.2 Å². The van der Waals surface area contributed by atoms with Gasteiger partial charge in [0.2, 0.25) is 0 Å². The highest BCUT2D eigenvalue weighted by Gasteiger charge is 2.19. The Morgan fingerprint density at radius 2 is 0.896 bits per heavy atom. The van der Waals surface area contributed by atoms with E-state index in [1.807, 2.05) is 0 Å². The van der Waals surface area contributed by atoms with E-state index in [0.29, 0.717) is 75.7 Å². The minimum atomic E-state index is -1.12. The van der Waals surface area contributed by atoms with Crippen molar-refractivity contribution in [2.24, 2.45) is 0 Å². The standard InChI is InChI=1S/C36H36F2O10/c1-3-33(39)45-21-9-5-7-19-43-27-15-11-25(12-16-27)35(41)47-31-23-30(38)32(24-29(31)37)48-36(42)26-13-17-28(18-14-26)44-20-8-6-10-22-46-34(40)4-2/h3-4,11-18,23-24H,1-2,5-10,19-22H2. The van der Waals surface area contributed by atoms with E-state index in [1.165, 1.54) is 48.5 Å². The van der Waals surface area contributed by atoms with Gasteiger partial charge < -0.3 is 28.4 Å². The first-order valence-corrected chi connectivity index (χ1v) is 15.2. The Balaban J connectivity index is 1.42. The van der Waals surface area contributed by atoms with Crippen molar-refractivity contribution in [2.75, 3.05) is 26.4 Å². The third-order valence-electron chi connectivity index (χ3n) is 6.51. The molecular formula is C36H36F2O10. The molecule has 0 N–H and O–H groups in total. The summed E-state index contributed by atoms with van der Waals surface area (Å²) in [5.41, 5.74) is 0.140. The van der Waals surface area contributed by atoms with E-state index in [-0.39, 0.29) is 11.1 Å². The van der Waals surface area contributed by atoms with Crippen molar-refractivity contribution in [3.63, 3.8) is 0 Å². The zero-order valence-electron chi connectivity index (χ0n) is 26.3. The number of ether oxygens (including phenoxy) is 6. The molecule has 0 aliphatic rings. The number of hydrogen-bond acceptors (Lipinski definition) is 10. The molecule has 0 heterocycles. The van der Waals surface area contributed by atoms with Gasteiger partial charge in [0, 0.05) is 24.3 Å². The van der Waals surface area contributed by atoms with Gasteiger partial charge in [0.1, 0.15) is 11.5 Å². The van der Waals surface area contributed by atoms with Crippen LogP contribution in [0.5, 0.6) is 23.0 Å². The Morgan fingerprint density at radius 3 is 1.25 bits per heavy atom. The van der Waals surface area contributed by atoms with Crippen LogP contribution in [0.25, 0.3) is 0 Å². The number of rotatable bonds is 20. The predicted molar refractivity (Wildman–Crippen MR) is 170 cm³/mol. The first-order chi connectivity index (χ1) is 23.2. The van der Waals surface area contributed by atoms with E-state index >= 15 is 0 Å². The minimum Gasteiger partial charge on any atom is -0.494 e. The SMILES string of the molecule is C=CC(=O)OCCCCCOc1ccc(C(=O)Oc2cc(F)c(OC(=O)c3ccc(OCCCCCOC(=O)C=C)cc3)cc2F)cc1. The molecular weight excluding hydrogens is 630 g/mol. The van der Waals surface area contributed by atoms with E-state index in [9.17, 15) is 28.0 Å². The minimum absolute atomic E-state index is 0.0701. The molecule has 0 saturated carbocycles. The van der Waals surface area contributed by atoms with E-state index in [1.54, 1.807) is 0 Å². The van der Waals surface area contributed by atoms with Gasteiger partial charge in [-0.05, 0) is 87.1 Å². The fraction of sp³-hybridized carbons (Fsp3) is 0.278. The third kappa shape index (κ3) is 12.7. The van der Waals surface area contributed by atoms with Crippen LogP contribution < -0.4 is 18.9 Å². The van der Waals surface area contributed by atoms with Crippen LogP contribution in [-0.4, -0.2) is 50.3 Å². The normalized spacial score (nSPS) is 10.4. The topological polar surface area (TPSA) is 124 Å². The number of carbonyl (C=O) groups excluding carboxylic acids is 4. The largest absolute Gasteiger partial charge is 0.494 e. The van der Waals surface area contributed by atoms with E-state index < -0.39 is 47.0 Å². The summed E-state index contributed by atoms with van der Waals surface area (Å²) in [6, 6.07) is 13.0. The molecule has 0 radical (unpaired) electrons. The smallest absolute Gasteiger partial charge is 0.343 e. The lowest BCUT2D eigenvalue weighted by Gasteiger charge is -2.11. The monoisotopic (exact) mass is 666 g/mol. The number of halogens is 2. The highest BCUT2D eigenvalue weighted by molar-refractivity contribution is 5.92. The second kappa shape index (κ2) is 19.9. The molecule has 3 rings (SSSR count). The Morgan fingerprint density at radius 1 is 0.542 bits per heavy atom. The maximum atomic E-state index is 14.7. The van der Waals surface area contributed by atoms with E-state index in [0.717, 1.165) is 25.0 Å². The number of hydrogen-bond donors (Lipinski definition) is 0. The summed E-state index contributed by atoms with van der Waals surface area (Å²) in [5.74, 6) is -5.41. The molecule has 0 aliphatic heterocycles. The second-order valence-electron chi connectivity index (χ2n) is 10.1. The van der Waals surface area contributed by atoms with E-state index in [2.05, 4.69) is 13.2 Å². The summed E-state index contributed by atoms with van der Waals surface area (Å²) >= 11 is 0. The van der Waals surface area contributed by atoms with Gasteiger partial charge in [0.15, 0.2) is 23.1 Å². The van der Waals surface area contributed by atoms with Crippen molar-refractivity contribution >= 4 is 23.9 Å². The lowest BCUT2D eigenvalue weighted by Crippen LogP contribution is -2.12. The first kappa shape index (κ1) is 36.9. The van der Waals surface area contributed by atoms with Crippen LogP contribution in [0.2, 0.25) is 0 Å². The molecule has 0 amide bonds. The lowest BCUT2D eigenvalue weighted by atomic mass is 10.2. The molecule has 3 aromatic rings. The highest BCUT2D eigenvalue weighted by atomic mass is 19.1. The molecule has 0 aromatic heterocycles. The molecule has 3 aromatic carbocycles. The number of esters is 4. The molecule has 0 bridgehead atoms. The Hall–Kier alpha value is -5.52. The molecule has 12 heteroatoms. The van der Waals surface area contributed by atoms with Crippen LogP contribution in [0.4, 0.5) is 8.78 Å². The molecule has 48 heavy (non-hydrogen) atoms. The zero-order chi connectivity index (χ0) is 34.7. The van der Waals surface area contributed by atoms with Crippen molar-refractivity contribution < 1.29 is 56.4 Å². The molecule has 0 saturated heterocycles. The van der Waals surface area contributed by atoms with Gasteiger partial charge in [0.05, 0.1) is 37.6 Å². The highest BCUT2D eigenvalue weighted by Crippen LogP contribution is 2.28. The number of unbranched alkanes of at least 4 members (excludes halogenated alkanes) is 4. The van der Waals surface area contributed by atoms with Crippen LogP contribution in [0.15, 0.2) is 86.0 Å². The average Bonchev–Trinajstić information content (AvgIpc) is 3.09. The summed E-state index contributed by atoms with van der Waals surface area (Å²) in [5, 5.41) is 0. The molecule has 0 aliphatic carbocycles.